The molecule has 2 amide bonds. The lowest BCUT2D eigenvalue weighted by Gasteiger charge is -2.63. The van der Waals surface area contributed by atoms with E-state index in [0.29, 0.717) is 38.6 Å². The van der Waals surface area contributed by atoms with Crippen LogP contribution in [0.1, 0.15) is 98.3 Å². The van der Waals surface area contributed by atoms with Crippen molar-refractivity contribution in [3.8, 4) is 0 Å². The molecule has 5 aliphatic rings. The van der Waals surface area contributed by atoms with Crippen LogP contribution in [0.25, 0.3) is 0 Å². The van der Waals surface area contributed by atoms with Crippen LogP contribution in [-0.4, -0.2) is 162 Å². The van der Waals surface area contributed by atoms with Gasteiger partial charge in [-0.2, -0.15) is 0 Å². The quantitative estimate of drug-likeness (QED) is 0.0883. The summed E-state index contributed by atoms with van der Waals surface area (Å²) in [7, 11) is 1.69. The van der Waals surface area contributed by atoms with E-state index in [2.05, 4.69) is 26.1 Å². The number of nitrogens with one attached hydrogen (secondary N) is 1. The topological polar surface area (TPSA) is 261 Å². The fourth-order valence-corrected chi connectivity index (χ4v) is 12.6. The molecule has 20 atom stereocenters. The van der Waals surface area contributed by atoms with Crippen molar-refractivity contribution >= 4 is 11.8 Å². The van der Waals surface area contributed by atoms with E-state index in [4.69, 9.17) is 4.74 Å². The van der Waals surface area contributed by atoms with Gasteiger partial charge in [0.05, 0.1) is 62.0 Å². The summed E-state index contributed by atoms with van der Waals surface area (Å²) in [5, 5.41) is 109. The van der Waals surface area contributed by atoms with Crippen LogP contribution in [0, 0.1) is 58.2 Å². The zero-order valence-corrected chi connectivity index (χ0v) is 34.6. The van der Waals surface area contributed by atoms with Crippen LogP contribution in [0.3, 0.4) is 0 Å². The van der Waals surface area contributed by atoms with Gasteiger partial charge in [0.25, 0.3) is 5.91 Å². The Morgan fingerprint density at radius 2 is 1.61 bits per heavy atom. The predicted molar refractivity (Wildman–Crippen MR) is 208 cm³/mol. The smallest absolute Gasteiger partial charge is 0.251 e. The number of aliphatic hydroxyl groups excluding tert-OH is 10. The number of fused-ring (bicyclic) bond motifs is 5. The lowest BCUT2D eigenvalue weighted by atomic mass is 9.43. The Labute approximate surface area is 337 Å². The SMILES string of the molecule is CC(CCC(=O)N(C)CCCNC(=O)C(O)C(O)C(CC1OC(CO)C(O)C(C)C1O)C(O)CO)C1CCC2C3C(O)CC4C[C@H](O)CC[C@]4(C)C3C[C@H](O)[C@]12C. The van der Waals surface area contributed by atoms with E-state index < -0.39 is 85.9 Å². The molecule has 1 saturated heterocycles. The van der Waals surface area contributed by atoms with Crippen molar-refractivity contribution in [1.82, 2.24) is 10.2 Å². The Hall–Kier alpha value is -1.50. The molecule has 57 heavy (non-hydrogen) atoms. The Morgan fingerprint density at radius 3 is 2.28 bits per heavy atom. The molecule has 1 heterocycles. The molecule has 4 aliphatic carbocycles. The minimum absolute atomic E-state index is 0.01000. The molecule has 0 bridgehead atoms. The number of aliphatic hydroxyl groups is 10. The minimum atomic E-state index is -2.00. The van der Waals surface area contributed by atoms with Crippen molar-refractivity contribution in [2.24, 2.45) is 58.2 Å². The molecular weight excluding hydrogens is 740 g/mol. The van der Waals surface area contributed by atoms with Crippen LogP contribution in [-0.2, 0) is 14.3 Å². The fraction of sp³-hybridized carbons (Fsp3) is 0.952. The van der Waals surface area contributed by atoms with E-state index in [1.54, 1.807) is 18.9 Å². The first-order valence-electron chi connectivity index (χ1n) is 21.6. The number of nitrogens with zero attached hydrogens (tertiary/aromatic N) is 1. The molecule has 0 spiro atoms. The van der Waals surface area contributed by atoms with Crippen molar-refractivity contribution in [3.63, 3.8) is 0 Å². The van der Waals surface area contributed by atoms with E-state index >= 15 is 0 Å². The van der Waals surface area contributed by atoms with E-state index in [1.165, 1.54) is 0 Å². The maximum absolute atomic E-state index is 13.2. The molecule has 0 aromatic heterocycles. The highest BCUT2D eigenvalue weighted by molar-refractivity contribution is 5.81. The number of carbonyl (C=O) groups is 2. The van der Waals surface area contributed by atoms with Crippen molar-refractivity contribution in [2.45, 2.75) is 159 Å². The van der Waals surface area contributed by atoms with Crippen LogP contribution in [0.15, 0.2) is 0 Å². The standard InChI is InChI=1S/C42H74N2O13/c1-21(26-8-9-27-35-28(18-33(50)42(26,27)4)41(3)12-11-24(47)15-23(41)16-29(35)48)7-10-34(51)44(5)14-6-13-43-40(56)39(55)38(54)25(30(49)19-45)17-31-36(52)22(2)37(53)32(20-46)57-31/h21-33,35-39,45-50,52-55H,6-20H2,1-5H3,(H,43,56)/t21?,22?,23?,24-,25?,26?,27?,28?,29?,30?,31?,32?,33+,35?,36?,37?,38?,39?,41+,42-/m1/s1. The summed E-state index contributed by atoms with van der Waals surface area (Å²) in [5.41, 5.74) is -0.341. The molecule has 0 aromatic rings. The van der Waals surface area contributed by atoms with Gasteiger partial charge in [-0.25, -0.2) is 0 Å². The molecule has 15 nitrogen and oxygen atoms in total. The van der Waals surface area contributed by atoms with E-state index in [9.17, 15) is 60.7 Å². The maximum Gasteiger partial charge on any atom is 0.251 e. The van der Waals surface area contributed by atoms with Gasteiger partial charge in [-0.15, -0.1) is 0 Å². The molecule has 5 rings (SSSR count). The molecular formula is C42H74N2O13. The first kappa shape index (κ1) is 46.6. The van der Waals surface area contributed by atoms with Gasteiger partial charge in [0.15, 0.2) is 6.10 Å². The summed E-state index contributed by atoms with van der Waals surface area (Å²) in [5.74, 6) is -1.78. The lowest BCUT2D eigenvalue weighted by Crippen LogP contribution is -2.62. The first-order chi connectivity index (χ1) is 26.8. The third-order valence-electron chi connectivity index (χ3n) is 16.3. The van der Waals surface area contributed by atoms with Gasteiger partial charge in [0, 0.05) is 38.4 Å². The van der Waals surface area contributed by atoms with Gasteiger partial charge in [0.2, 0.25) is 5.91 Å². The second kappa shape index (κ2) is 19.0. The number of hydrogen-bond acceptors (Lipinski definition) is 13. The number of ether oxygens (including phenoxy) is 1. The third kappa shape index (κ3) is 9.24. The van der Waals surface area contributed by atoms with Crippen molar-refractivity contribution in [1.29, 1.82) is 0 Å². The van der Waals surface area contributed by atoms with E-state index in [1.807, 2.05) is 0 Å². The summed E-state index contributed by atoms with van der Waals surface area (Å²) >= 11 is 0. The Kier molecular flexibility index (Phi) is 15.6. The molecule has 4 saturated carbocycles. The zero-order valence-electron chi connectivity index (χ0n) is 34.6. The highest BCUT2D eigenvalue weighted by atomic mass is 16.5. The van der Waals surface area contributed by atoms with Crippen molar-refractivity contribution < 1.29 is 65.4 Å². The molecule has 330 valence electrons. The van der Waals surface area contributed by atoms with Crippen LogP contribution < -0.4 is 5.32 Å². The number of hydrogen-bond donors (Lipinski definition) is 11. The number of rotatable bonds is 16. The summed E-state index contributed by atoms with van der Waals surface area (Å²) in [6.45, 7) is 7.32. The van der Waals surface area contributed by atoms with Gasteiger partial charge in [-0.05, 0) is 111 Å². The zero-order chi connectivity index (χ0) is 42.1. The van der Waals surface area contributed by atoms with Crippen LogP contribution >= 0.6 is 0 Å². The summed E-state index contributed by atoms with van der Waals surface area (Å²) in [6, 6.07) is 0. The van der Waals surface area contributed by atoms with Gasteiger partial charge in [0.1, 0.15) is 6.10 Å². The first-order valence-corrected chi connectivity index (χ1v) is 21.6. The fourth-order valence-electron chi connectivity index (χ4n) is 12.6. The Morgan fingerprint density at radius 1 is 0.930 bits per heavy atom. The highest BCUT2D eigenvalue weighted by Gasteiger charge is 2.65. The Bertz CT molecular complexity index is 1340. The second-order valence-electron chi connectivity index (χ2n) is 19.3. The van der Waals surface area contributed by atoms with E-state index in [-0.39, 0.29) is 71.3 Å². The summed E-state index contributed by atoms with van der Waals surface area (Å²) < 4.78 is 5.60. The largest absolute Gasteiger partial charge is 0.394 e. The summed E-state index contributed by atoms with van der Waals surface area (Å²) in [6.07, 6.45) is -4.44. The Balaban J connectivity index is 1.07. The lowest BCUT2D eigenvalue weighted by molar-refractivity contribution is -0.216. The average molecular weight is 815 g/mol. The molecule has 11 N–H and O–H groups in total. The maximum atomic E-state index is 13.2. The van der Waals surface area contributed by atoms with Crippen LogP contribution in [0.4, 0.5) is 0 Å². The van der Waals surface area contributed by atoms with Crippen molar-refractivity contribution in [2.75, 3.05) is 33.4 Å². The average Bonchev–Trinajstić information content (AvgIpc) is 3.55. The molecule has 16 unspecified atom stereocenters. The molecule has 15 heteroatoms. The second-order valence-corrected chi connectivity index (χ2v) is 19.3. The van der Waals surface area contributed by atoms with E-state index in [0.717, 1.165) is 32.1 Å². The van der Waals surface area contributed by atoms with Gasteiger partial charge in [-0.1, -0.05) is 27.7 Å². The minimum Gasteiger partial charge on any atom is -0.394 e. The number of amides is 2. The molecule has 1 aliphatic heterocycles. The molecule has 5 fully saturated rings. The van der Waals surface area contributed by atoms with Gasteiger partial charge >= 0.3 is 0 Å². The predicted octanol–water partition coefficient (Wildman–Crippen LogP) is -0.472. The monoisotopic (exact) mass is 815 g/mol. The molecule has 0 aromatic carbocycles. The number of carbonyl (C=O) groups excluding carboxylic acids is 2. The van der Waals surface area contributed by atoms with Crippen LogP contribution in [0.5, 0.6) is 0 Å². The van der Waals surface area contributed by atoms with Crippen molar-refractivity contribution in [3.05, 3.63) is 0 Å². The highest BCUT2D eigenvalue weighted by Crippen LogP contribution is 2.68. The van der Waals surface area contributed by atoms with Gasteiger partial charge in [-0.3, -0.25) is 9.59 Å². The molecule has 0 radical (unpaired) electrons. The van der Waals surface area contributed by atoms with Gasteiger partial charge < -0.3 is 66.0 Å². The van der Waals surface area contributed by atoms with Crippen LogP contribution in [0.2, 0.25) is 0 Å². The summed E-state index contributed by atoms with van der Waals surface area (Å²) in [4.78, 5) is 27.7. The third-order valence-corrected chi connectivity index (χ3v) is 16.3. The normalized spacial score (nSPS) is 43.1.